The van der Waals surface area contributed by atoms with E-state index in [1.807, 2.05) is 37.3 Å². The summed E-state index contributed by atoms with van der Waals surface area (Å²) in [5, 5.41) is 8.68. The summed E-state index contributed by atoms with van der Waals surface area (Å²) in [6.07, 6.45) is 0.230. The SMILES string of the molecule is COP(=O)(OC)OC(CCC#N)c1ccc(C)cc1. The molecule has 19 heavy (non-hydrogen) atoms. The molecule has 0 aliphatic rings. The minimum atomic E-state index is -3.56. The molecule has 0 aliphatic carbocycles. The van der Waals surface area contributed by atoms with E-state index in [-0.39, 0.29) is 0 Å². The van der Waals surface area contributed by atoms with Crippen LogP contribution in [0.4, 0.5) is 0 Å². The minimum Gasteiger partial charge on any atom is -0.290 e. The highest BCUT2D eigenvalue weighted by Gasteiger charge is 2.28. The molecule has 0 spiro atoms. The average Bonchev–Trinajstić information content (AvgIpc) is 2.44. The Morgan fingerprint density at radius 2 is 1.84 bits per heavy atom. The van der Waals surface area contributed by atoms with Gasteiger partial charge >= 0.3 is 7.82 Å². The summed E-state index contributed by atoms with van der Waals surface area (Å²) in [6, 6.07) is 9.68. The summed E-state index contributed by atoms with van der Waals surface area (Å²) in [4.78, 5) is 0. The molecule has 1 aromatic rings. The summed E-state index contributed by atoms with van der Waals surface area (Å²) in [5.74, 6) is 0. The lowest BCUT2D eigenvalue weighted by Crippen LogP contribution is -2.05. The zero-order valence-corrected chi connectivity index (χ0v) is 12.2. The van der Waals surface area contributed by atoms with Gasteiger partial charge in [0.05, 0.1) is 12.2 Å². The van der Waals surface area contributed by atoms with Crippen molar-refractivity contribution in [1.29, 1.82) is 5.26 Å². The largest absolute Gasteiger partial charge is 0.474 e. The molecule has 0 fully saturated rings. The van der Waals surface area contributed by atoms with Crippen molar-refractivity contribution in [3.63, 3.8) is 0 Å². The molecule has 0 saturated carbocycles. The van der Waals surface area contributed by atoms with Crippen LogP contribution < -0.4 is 0 Å². The van der Waals surface area contributed by atoms with Gasteiger partial charge in [0, 0.05) is 20.6 Å². The Morgan fingerprint density at radius 1 is 1.26 bits per heavy atom. The molecule has 0 heterocycles. The number of aryl methyl sites for hydroxylation is 1. The Bertz CT molecular complexity index is 472. The van der Waals surface area contributed by atoms with Gasteiger partial charge in [0.2, 0.25) is 0 Å². The fourth-order valence-electron chi connectivity index (χ4n) is 1.57. The number of rotatable bonds is 7. The van der Waals surface area contributed by atoms with Crippen molar-refractivity contribution in [2.45, 2.75) is 25.9 Å². The summed E-state index contributed by atoms with van der Waals surface area (Å²) in [7, 11) is -1.03. The highest BCUT2D eigenvalue weighted by atomic mass is 31.2. The summed E-state index contributed by atoms with van der Waals surface area (Å²) in [5.41, 5.74) is 1.96. The lowest BCUT2D eigenvalue weighted by atomic mass is 10.0. The highest BCUT2D eigenvalue weighted by molar-refractivity contribution is 7.48. The van der Waals surface area contributed by atoms with Crippen molar-refractivity contribution < 1.29 is 18.1 Å². The van der Waals surface area contributed by atoms with Crippen LogP contribution in [0.15, 0.2) is 24.3 Å². The Morgan fingerprint density at radius 3 is 2.32 bits per heavy atom. The van der Waals surface area contributed by atoms with E-state index in [1.54, 1.807) is 0 Å². The molecular weight excluding hydrogens is 265 g/mol. The van der Waals surface area contributed by atoms with Crippen molar-refractivity contribution >= 4 is 7.82 Å². The van der Waals surface area contributed by atoms with E-state index in [0.29, 0.717) is 12.8 Å². The van der Waals surface area contributed by atoms with E-state index < -0.39 is 13.9 Å². The number of nitriles is 1. The topological polar surface area (TPSA) is 68.6 Å². The zero-order valence-electron chi connectivity index (χ0n) is 11.3. The third-order valence-corrected chi connectivity index (χ3v) is 4.08. The second kappa shape index (κ2) is 7.42. The molecule has 0 N–H and O–H groups in total. The van der Waals surface area contributed by atoms with Crippen LogP contribution in [0, 0.1) is 18.3 Å². The predicted octanol–water partition coefficient (Wildman–Crippen LogP) is 3.76. The molecule has 0 aliphatic heterocycles. The molecule has 0 bridgehead atoms. The minimum absolute atomic E-state index is 0.298. The first-order valence-corrected chi connectivity index (χ1v) is 7.34. The van der Waals surface area contributed by atoms with E-state index in [0.717, 1.165) is 11.1 Å². The van der Waals surface area contributed by atoms with E-state index >= 15 is 0 Å². The maximum atomic E-state index is 12.0. The number of phosphoric ester groups is 1. The molecule has 0 aromatic heterocycles. The van der Waals surface area contributed by atoms with E-state index in [9.17, 15) is 4.57 Å². The zero-order chi connectivity index (χ0) is 14.3. The Balaban J connectivity index is 2.92. The Kier molecular flexibility index (Phi) is 6.20. The molecule has 1 rings (SSSR count). The summed E-state index contributed by atoms with van der Waals surface area (Å²) in [6.45, 7) is 1.98. The van der Waals surface area contributed by atoms with Crippen LogP contribution >= 0.6 is 7.82 Å². The molecule has 0 saturated heterocycles. The van der Waals surface area contributed by atoms with E-state index in [4.69, 9.17) is 18.8 Å². The van der Waals surface area contributed by atoms with Crippen molar-refractivity contribution in [3.05, 3.63) is 35.4 Å². The van der Waals surface area contributed by atoms with Gasteiger partial charge in [0.1, 0.15) is 0 Å². The monoisotopic (exact) mass is 283 g/mol. The molecule has 0 amide bonds. The third kappa shape index (κ3) is 4.77. The van der Waals surface area contributed by atoms with Crippen molar-refractivity contribution in [3.8, 4) is 6.07 Å². The molecule has 6 heteroatoms. The Labute approximate surface area is 113 Å². The normalized spacial score (nSPS) is 12.9. The second-order valence-corrected chi connectivity index (χ2v) is 5.85. The smallest absolute Gasteiger partial charge is 0.290 e. The van der Waals surface area contributed by atoms with Gasteiger partial charge in [-0.05, 0) is 18.9 Å². The first kappa shape index (κ1) is 15.9. The van der Waals surface area contributed by atoms with Crippen LogP contribution in [0.2, 0.25) is 0 Å². The lowest BCUT2D eigenvalue weighted by Gasteiger charge is -2.21. The first-order valence-electron chi connectivity index (χ1n) is 5.88. The third-order valence-electron chi connectivity index (χ3n) is 2.67. The van der Waals surface area contributed by atoms with Gasteiger partial charge in [-0.1, -0.05) is 29.8 Å². The van der Waals surface area contributed by atoms with Gasteiger partial charge in [-0.2, -0.15) is 5.26 Å². The molecular formula is C13H18NO4P. The maximum Gasteiger partial charge on any atom is 0.474 e. The molecule has 104 valence electrons. The van der Waals surface area contributed by atoms with Gasteiger partial charge in [-0.15, -0.1) is 0 Å². The first-order chi connectivity index (χ1) is 9.04. The second-order valence-electron chi connectivity index (χ2n) is 4.01. The fourth-order valence-corrected chi connectivity index (χ4v) is 2.43. The van der Waals surface area contributed by atoms with Crippen molar-refractivity contribution in [2.24, 2.45) is 0 Å². The van der Waals surface area contributed by atoms with Crippen LogP contribution in [0.1, 0.15) is 30.1 Å². The average molecular weight is 283 g/mol. The van der Waals surface area contributed by atoms with Crippen LogP contribution in [-0.2, 0) is 18.1 Å². The molecule has 1 atom stereocenters. The van der Waals surface area contributed by atoms with Gasteiger partial charge < -0.3 is 0 Å². The molecule has 1 unspecified atom stereocenters. The van der Waals surface area contributed by atoms with Crippen LogP contribution in [0.25, 0.3) is 0 Å². The number of hydrogen-bond donors (Lipinski definition) is 0. The lowest BCUT2D eigenvalue weighted by molar-refractivity contribution is 0.100. The number of phosphoric acid groups is 1. The fraction of sp³-hybridized carbons (Fsp3) is 0.462. The van der Waals surface area contributed by atoms with Gasteiger partial charge in [-0.25, -0.2) is 4.57 Å². The van der Waals surface area contributed by atoms with E-state index in [1.165, 1.54) is 14.2 Å². The Hall–Kier alpha value is -1.18. The summed E-state index contributed by atoms with van der Waals surface area (Å²) < 4.78 is 27.0. The number of nitrogens with zero attached hydrogens (tertiary/aromatic N) is 1. The van der Waals surface area contributed by atoms with Gasteiger partial charge in [0.15, 0.2) is 0 Å². The number of benzene rings is 1. The predicted molar refractivity (Wildman–Crippen MR) is 71.5 cm³/mol. The van der Waals surface area contributed by atoms with Gasteiger partial charge in [0.25, 0.3) is 0 Å². The molecule has 0 radical (unpaired) electrons. The van der Waals surface area contributed by atoms with Crippen molar-refractivity contribution in [1.82, 2.24) is 0 Å². The van der Waals surface area contributed by atoms with Crippen LogP contribution in [0.5, 0.6) is 0 Å². The number of hydrogen-bond acceptors (Lipinski definition) is 5. The van der Waals surface area contributed by atoms with Crippen LogP contribution in [-0.4, -0.2) is 14.2 Å². The van der Waals surface area contributed by atoms with Crippen molar-refractivity contribution in [2.75, 3.05) is 14.2 Å². The highest BCUT2D eigenvalue weighted by Crippen LogP contribution is 2.52. The standard InChI is InChI=1S/C13H18NO4P/c1-11-6-8-12(9-7-11)13(5-4-10-14)18-19(15,16-2)17-3/h6-9,13H,4-5H2,1-3H3. The molecule has 1 aromatic carbocycles. The van der Waals surface area contributed by atoms with E-state index in [2.05, 4.69) is 0 Å². The maximum absolute atomic E-state index is 12.0. The van der Waals surface area contributed by atoms with Gasteiger partial charge in [-0.3, -0.25) is 13.6 Å². The quantitative estimate of drug-likeness (QED) is 0.713. The van der Waals surface area contributed by atoms with Crippen LogP contribution in [0.3, 0.4) is 0 Å². The molecule has 5 nitrogen and oxygen atoms in total. The summed E-state index contributed by atoms with van der Waals surface area (Å²) >= 11 is 0.